The quantitative estimate of drug-likeness (QED) is 0.557. The SMILES string of the molecule is N#Cc1ccc(OCC2(NC(=O)OCc3ccccc3)CNC2)cc1F.O=C(O)C(F)(F)F. The molecule has 1 fully saturated rings. The molecule has 1 aliphatic rings. The van der Waals surface area contributed by atoms with E-state index in [1.807, 2.05) is 30.3 Å². The fourth-order valence-corrected chi connectivity index (χ4v) is 2.53. The number of nitrogens with zero attached hydrogens (tertiary/aromatic N) is 1. The lowest BCUT2D eigenvalue weighted by atomic mass is 9.94. The van der Waals surface area contributed by atoms with Crippen LogP contribution in [0.1, 0.15) is 11.1 Å². The minimum atomic E-state index is -5.08. The van der Waals surface area contributed by atoms with Crippen LogP contribution in [0.5, 0.6) is 5.75 Å². The first kappa shape index (κ1) is 25.4. The smallest absolute Gasteiger partial charge is 0.490 e. The van der Waals surface area contributed by atoms with E-state index in [2.05, 4.69) is 10.6 Å². The van der Waals surface area contributed by atoms with Gasteiger partial charge in [-0.15, -0.1) is 0 Å². The number of alkyl halides is 3. The number of rotatable bonds is 6. The molecule has 33 heavy (non-hydrogen) atoms. The molecule has 0 aliphatic carbocycles. The minimum Gasteiger partial charge on any atom is -0.491 e. The number of carboxylic acids is 1. The molecule has 1 saturated heterocycles. The number of amides is 1. The van der Waals surface area contributed by atoms with Crippen molar-refractivity contribution in [3.05, 3.63) is 65.5 Å². The zero-order valence-electron chi connectivity index (χ0n) is 17.0. The van der Waals surface area contributed by atoms with Gasteiger partial charge in [0.1, 0.15) is 36.4 Å². The number of aliphatic carboxylic acids is 1. The summed E-state index contributed by atoms with van der Waals surface area (Å²) in [5.74, 6) is -3.10. The minimum absolute atomic E-state index is 0.0417. The highest BCUT2D eigenvalue weighted by atomic mass is 19.4. The highest BCUT2D eigenvalue weighted by Gasteiger charge is 2.40. The average molecular weight is 469 g/mol. The van der Waals surface area contributed by atoms with E-state index in [4.69, 9.17) is 24.6 Å². The van der Waals surface area contributed by atoms with Crippen molar-refractivity contribution in [2.75, 3.05) is 19.7 Å². The van der Waals surface area contributed by atoms with E-state index in [1.54, 1.807) is 6.07 Å². The normalized spacial score (nSPS) is 13.9. The number of carbonyl (C=O) groups is 2. The van der Waals surface area contributed by atoms with Crippen molar-refractivity contribution in [2.24, 2.45) is 0 Å². The van der Waals surface area contributed by atoms with E-state index in [0.29, 0.717) is 18.8 Å². The van der Waals surface area contributed by atoms with Gasteiger partial charge in [0.25, 0.3) is 0 Å². The van der Waals surface area contributed by atoms with Crippen LogP contribution in [-0.4, -0.2) is 48.6 Å². The maximum Gasteiger partial charge on any atom is 0.490 e. The molecular formula is C21H19F4N3O5. The molecule has 0 bridgehead atoms. The highest BCUT2D eigenvalue weighted by Crippen LogP contribution is 2.19. The second-order valence-corrected chi connectivity index (χ2v) is 6.92. The summed E-state index contributed by atoms with van der Waals surface area (Å²) >= 11 is 0. The maximum atomic E-state index is 13.6. The Morgan fingerprint density at radius 1 is 1.18 bits per heavy atom. The first-order chi connectivity index (χ1) is 15.5. The maximum absolute atomic E-state index is 13.6. The van der Waals surface area contributed by atoms with Crippen molar-refractivity contribution >= 4 is 12.1 Å². The highest BCUT2D eigenvalue weighted by molar-refractivity contribution is 5.73. The Morgan fingerprint density at radius 3 is 2.30 bits per heavy atom. The standard InChI is InChI=1S/C19H18FN3O3.C2HF3O2/c20-17-8-16(7-6-15(17)9-21)26-13-19(11-22-12-19)23-18(24)25-10-14-4-2-1-3-5-14;3-2(4,5)1(6)7/h1-8,22H,10-13H2,(H,23,24);(H,6,7). The lowest BCUT2D eigenvalue weighted by Crippen LogP contribution is -2.71. The van der Waals surface area contributed by atoms with Gasteiger partial charge in [-0.25, -0.2) is 14.0 Å². The van der Waals surface area contributed by atoms with Crippen LogP contribution in [0.2, 0.25) is 0 Å². The van der Waals surface area contributed by atoms with Gasteiger partial charge < -0.3 is 25.2 Å². The van der Waals surface area contributed by atoms with E-state index in [0.717, 1.165) is 11.6 Å². The number of hydrogen-bond acceptors (Lipinski definition) is 6. The Labute approximate surface area is 185 Å². The van der Waals surface area contributed by atoms with Crippen LogP contribution >= 0.6 is 0 Å². The van der Waals surface area contributed by atoms with E-state index in [-0.39, 0.29) is 18.8 Å². The van der Waals surface area contributed by atoms with Crippen LogP contribution in [0.4, 0.5) is 22.4 Å². The predicted octanol–water partition coefficient (Wildman–Crippen LogP) is 2.98. The third-order valence-electron chi connectivity index (χ3n) is 4.33. The van der Waals surface area contributed by atoms with Gasteiger partial charge in [0, 0.05) is 19.2 Å². The van der Waals surface area contributed by atoms with Gasteiger partial charge in [0.2, 0.25) is 0 Å². The average Bonchev–Trinajstić information content (AvgIpc) is 2.74. The van der Waals surface area contributed by atoms with Crippen LogP contribution in [0.15, 0.2) is 48.5 Å². The van der Waals surface area contributed by atoms with Crippen molar-refractivity contribution in [3.8, 4) is 11.8 Å². The monoisotopic (exact) mass is 469 g/mol. The van der Waals surface area contributed by atoms with E-state index in [9.17, 15) is 22.4 Å². The molecule has 1 aliphatic heterocycles. The Kier molecular flexibility index (Phi) is 8.58. The number of carboxylic acid groups (broad SMARTS) is 1. The number of carbonyl (C=O) groups excluding carboxylic acids is 1. The number of nitrogens with one attached hydrogen (secondary N) is 2. The fraction of sp³-hybridized carbons (Fsp3) is 0.286. The number of hydrogen-bond donors (Lipinski definition) is 3. The summed E-state index contributed by atoms with van der Waals surface area (Å²) in [5.41, 5.74) is 0.241. The summed E-state index contributed by atoms with van der Waals surface area (Å²) in [7, 11) is 0. The first-order valence-corrected chi connectivity index (χ1v) is 9.37. The van der Waals surface area contributed by atoms with E-state index < -0.39 is 29.6 Å². The van der Waals surface area contributed by atoms with Crippen molar-refractivity contribution in [1.82, 2.24) is 10.6 Å². The molecular weight excluding hydrogens is 450 g/mol. The molecule has 1 heterocycles. The third kappa shape index (κ3) is 7.97. The molecule has 12 heteroatoms. The molecule has 3 N–H and O–H groups in total. The number of benzene rings is 2. The Bertz CT molecular complexity index is 1010. The Balaban J connectivity index is 0.000000479. The first-order valence-electron chi connectivity index (χ1n) is 9.37. The molecule has 0 saturated carbocycles. The molecule has 0 atom stereocenters. The molecule has 0 aromatic heterocycles. The van der Waals surface area contributed by atoms with Crippen molar-refractivity contribution in [2.45, 2.75) is 18.3 Å². The summed E-state index contributed by atoms with van der Waals surface area (Å²) in [6.45, 7) is 1.38. The second kappa shape index (κ2) is 11.1. The lowest BCUT2D eigenvalue weighted by molar-refractivity contribution is -0.192. The van der Waals surface area contributed by atoms with Gasteiger partial charge in [0.15, 0.2) is 0 Å². The van der Waals surface area contributed by atoms with Crippen LogP contribution in [0.25, 0.3) is 0 Å². The topological polar surface area (TPSA) is 121 Å². The summed E-state index contributed by atoms with van der Waals surface area (Å²) < 4.78 is 56.2. The number of halogens is 4. The summed E-state index contributed by atoms with van der Waals surface area (Å²) in [4.78, 5) is 21.0. The van der Waals surface area contributed by atoms with Gasteiger partial charge in [-0.05, 0) is 17.7 Å². The second-order valence-electron chi connectivity index (χ2n) is 6.92. The number of ether oxygens (including phenoxy) is 2. The molecule has 0 spiro atoms. The summed E-state index contributed by atoms with van der Waals surface area (Å²) in [6.07, 6.45) is -5.62. The largest absolute Gasteiger partial charge is 0.491 e. The zero-order chi connectivity index (χ0) is 24.5. The molecule has 8 nitrogen and oxygen atoms in total. The van der Waals surface area contributed by atoms with Crippen LogP contribution < -0.4 is 15.4 Å². The van der Waals surface area contributed by atoms with Gasteiger partial charge in [-0.2, -0.15) is 18.4 Å². The van der Waals surface area contributed by atoms with Gasteiger partial charge >= 0.3 is 18.2 Å². The predicted molar refractivity (Wildman–Crippen MR) is 106 cm³/mol. The number of alkyl carbamates (subject to hydrolysis) is 1. The van der Waals surface area contributed by atoms with Crippen molar-refractivity contribution < 1.29 is 41.7 Å². The van der Waals surface area contributed by atoms with Crippen molar-refractivity contribution in [1.29, 1.82) is 5.26 Å². The molecule has 3 rings (SSSR count). The third-order valence-corrected chi connectivity index (χ3v) is 4.33. The molecule has 1 amide bonds. The molecule has 0 radical (unpaired) electrons. The van der Waals surface area contributed by atoms with Gasteiger partial charge in [0.05, 0.1) is 5.56 Å². The summed E-state index contributed by atoms with van der Waals surface area (Å²) in [5, 5.41) is 21.8. The van der Waals surface area contributed by atoms with E-state index in [1.165, 1.54) is 12.1 Å². The molecule has 0 unspecified atom stereocenters. The van der Waals surface area contributed by atoms with Gasteiger partial charge in [-0.1, -0.05) is 30.3 Å². The fourth-order valence-electron chi connectivity index (χ4n) is 2.53. The van der Waals surface area contributed by atoms with Gasteiger partial charge in [-0.3, -0.25) is 0 Å². The lowest BCUT2D eigenvalue weighted by Gasteiger charge is -2.42. The Morgan fingerprint density at radius 2 is 1.82 bits per heavy atom. The van der Waals surface area contributed by atoms with E-state index >= 15 is 0 Å². The van der Waals surface area contributed by atoms with Crippen LogP contribution in [0, 0.1) is 17.1 Å². The molecule has 2 aromatic rings. The molecule has 176 valence electrons. The van der Waals surface area contributed by atoms with Crippen LogP contribution in [0.3, 0.4) is 0 Å². The molecule has 2 aromatic carbocycles. The van der Waals surface area contributed by atoms with Crippen LogP contribution in [-0.2, 0) is 16.1 Å². The zero-order valence-corrected chi connectivity index (χ0v) is 17.0. The Hall–Kier alpha value is -3.85. The summed E-state index contributed by atoms with van der Waals surface area (Å²) in [6, 6.07) is 15.2. The van der Waals surface area contributed by atoms with Crippen molar-refractivity contribution in [3.63, 3.8) is 0 Å². The number of nitriles is 1.